The SMILES string of the molecule is NC(=O)NN=Cc1ccccc1OCCOCCOc1ccccc1C=NNC(N)=O. The number of hydrogen-bond acceptors (Lipinski definition) is 7. The van der Waals surface area contributed by atoms with Gasteiger partial charge in [0.05, 0.1) is 25.6 Å². The van der Waals surface area contributed by atoms with Crippen LogP contribution in [-0.2, 0) is 4.74 Å². The van der Waals surface area contributed by atoms with E-state index < -0.39 is 12.1 Å². The number of nitrogens with one attached hydrogen (secondary N) is 2. The molecule has 0 radical (unpaired) electrons. The molecule has 2 aromatic rings. The lowest BCUT2D eigenvalue weighted by molar-refractivity contribution is 0.0764. The van der Waals surface area contributed by atoms with E-state index in [1.54, 1.807) is 24.3 Å². The third-order valence-corrected chi connectivity index (χ3v) is 3.57. The summed E-state index contributed by atoms with van der Waals surface area (Å²) in [5.41, 5.74) is 15.5. The van der Waals surface area contributed by atoms with Crippen LogP contribution >= 0.6 is 0 Å². The maximum absolute atomic E-state index is 10.7. The number of nitrogens with zero attached hydrogens (tertiary/aromatic N) is 2. The van der Waals surface area contributed by atoms with Crippen molar-refractivity contribution in [1.82, 2.24) is 10.9 Å². The zero-order valence-corrected chi connectivity index (χ0v) is 16.7. The summed E-state index contributed by atoms with van der Waals surface area (Å²) in [6, 6.07) is 12.9. The van der Waals surface area contributed by atoms with Crippen molar-refractivity contribution in [1.29, 1.82) is 0 Å². The molecule has 11 heteroatoms. The van der Waals surface area contributed by atoms with Gasteiger partial charge in [0.25, 0.3) is 0 Å². The Balaban J connectivity index is 1.70. The number of hydrogen-bond donors (Lipinski definition) is 4. The van der Waals surface area contributed by atoms with Gasteiger partial charge in [-0.25, -0.2) is 20.4 Å². The van der Waals surface area contributed by atoms with E-state index in [-0.39, 0.29) is 0 Å². The highest BCUT2D eigenvalue weighted by Gasteiger charge is 2.02. The fourth-order valence-corrected chi connectivity index (χ4v) is 2.29. The second-order valence-corrected chi connectivity index (χ2v) is 5.85. The first kappa shape index (κ1) is 23.2. The summed E-state index contributed by atoms with van der Waals surface area (Å²) in [6.07, 6.45) is 2.88. The minimum atomic E-state index is -0.748. The number of benzene rings is 2. The van der Waals surface area contributed by atoms with Crippen LogP contribution in [0.5, 0.6) is 11.5 Å². The third-order valence-electron chi connectivity index (χ3n) is 3.57. The van der Waals surface area contributed by atoms with E-state index in [1.165, 1.54) is 12.4 Å². The first-order chi connectivity index (χ1) is 15.1. The Labute approximate surface area is 179 Å². The molecule has 0 aliphatic heterocycles. The number of rotatable bonds is 12. The summed E-state index contributed by atoms with van der Waals surface area (Å²) in [6.45, 7) is 1.33. The molecule has 0 aliphatic carbocycles. The van der Waals surface area contributed by atoms with E-state index >= 15 is 0 Å². The van der Waals surface area contributed by atoms with Crippen molar-refractivity contribution in [2.45, 2.75) is 0 Å². The second-order valence-electron chi connectivity index (χ2n) is 5.85. The number of urea groups is 2. The number of carbonyl (C=O) groups is 2. The number of amides is 4. The Hall–Kier alpha value is -4.12. The van der Waals surface area contributed by atoms with Gasteiger partial charge in [0, 0.05) is 11.1 Å². The van der Waals surface area contributed by atoms with Gasteiger partial charge in [0.1, 0.15) is 24.7 Å². The molecule has 0 saturated carbocycles. The Morgan fingerprint density at radius 1 is 0.742 bits per heavy atom. The Morgan fingerprint density at radius 2 is 1.16 bits per heavy atom. The molecule has 31 heavy (non-hydrogen) atoms. The van der Waals surface area contributed by atoms with Crippen molar-refractivity contribution in [3.63, 3.8) is 0 Å². The summed E-state index contributed by atoms with van der Waals surface area (Å²) >= 11 is 0. The van der Waals surface area contributed by atoms with Crippen LogP contribution < -0.4 is 31.8 Å². The lowest BCUT2D eigenvalue weighted by Gasteiger charge is -2.11. The lowest BCUT2D eigenvalue weighted by atomic mass is 10.2. The predicted molar refractivity (Wildman–Crippen MR) is 115 cm³/mol. The van der Waals surface area contributed by atoms with E-state index in [4.69, 9.17) is 25.7 Å². The molecule has 11 nitrogen and oxygen atoms in total. The summed E-state index contributed by atoms with van der Waals surface area (Å²) in [5.74, 6) is 1.19. The van der Waals surface area contributed by atoms with E-state index in [0.29, 0.717) is 49.1 Å². The minimum absolute atomic E-state index is 0.316. The molecule has 164 valence electrons. The normalized spacial score (nSPS) is 10.8. The molecule has 2 rings (SSSR count). The highest BCUT2D eigenvalue weighted by Crippen LogP contribution is 2.16. The second kappa shape index (κ2) is 13.2. The molecule has 6 N–H and O–H groups in total. The molecule has 0 spiro atoms. The van der Waals surface area contributed by atoms with Gasteiger partial charge in [-0.2, -0.15) is 10.2 Å². The molecule has 0 saturated heterocycles. The van der Waals surface area contributed by atoms with E-state index in [0.717, 1.165) is 0 Å². The summed E-state index contributed by atoms with van der Waals surface area (Å²) in [7, 11) is 0. The molecule has 4 amide bonds. The van der Waals surface area contributed by atoms with Gasteiger partial charge in [0.2, 0.25) is 0 Å². The van der Waals surface area contributed by atoms with E-state index in [2.05, 4.69) is 21.1 Å². The van der Waals surface area contributed by atoms with Gasteiger partial charge >= 0.3 is 12.1 Å². The van der Waals surface area contributed by atoms with Gasteiger partial charge in [0.15, 0.2) is 0 Å². The largest absolute Gasteiger partial charge is 0.491 e. The van der Waals surface area contributed by atoms with Crippen LogP contribution in [0.4, 0.5) is 9.59 Å². The van der Waals surface area contributed by atoms with Crippen molar-refractivity contribution in [3.05, 3.63) is 59.7 Å². The average molecular weight is 428 g/mol. The number of primary amides is 2. The molecular formula is C20H24N6O5. The molecule has 2 aromatic carbocycles. The first-order valence-corrected chi connectivity index (χ1v) is 9.24. The van der Waals surface area contributed by atoms with E-state index in [1.807, 2.05) is 24.3 Å². The van der Waals surface area contributed by atoms with Crippen LogP contribution in [0.2, 0.25) is 0 Å². The molecule has 0 aromatic heterocycles. The first-order valence-electron chi connectivity index (χ1n) is 9.24. The predicted octanol–water partition coefficient (Wildman–Crippen LogP) is 1.17. The Bertz CT molecular complexity index is 845. The van der Waals surface area contributed by atoms with Crippen LogP contribution in [0.3, 0.4) is 0 Å². The van der Waals surface area contributed by atoms with Gasteiger partial charge in [-0.15, -0.1) is 0 Å². The van der Waals surface area contributed by atoms with Gasteiger partial charge in [-0.05, 0) is 24.3 Å². The van der Waals surface area contributed by atoms with Gasteiger partial charge < -0.3 is 25.7 Å². The quantitative estimate of drug-likeness (QED) is 0.226. The van der Waals surface area contributed by atoms with E-state index in [9.17, 15) is 9.59 Å². The fraction of sp³-hybridized carbons (Fsp3) is 0.200. The van der Waals surface area contributed by atoms with Crippen molar-refractivity contribution in [2.75, 3.05) is 26.4 Å². The third kappa shape index (κ3) is 9.28. The van der Waals surface area contributed by atoms with Crippen LogP contribution in [0, 0.1) is 0 Å². The zero-order valence-electron chi connectivity index (χ0n) is 16.7. The van der Waals surface area contributed by atoms with Crippen molar-refractivity contribution < 1.29 is 23.8 Å². The van der Waals surface area contributed by atoms with Crippen LogP contribution in [0.15, 0.2) is 58.7 Å². The number of nitrogens with two attached hydrogens (primary N) is 2. The summed E-state index contributed by atoms with van der Waals surface area (Å²) < 4.78 is 16.9. The number of hydrazone groups is 2. The zero-order chi connectivity index (χ0) is 22.3. The fourth-order valence-electron chi connectivity index (χ4n) is 2.29. The van der Waals surface area contributed by atoms with Crippen LogP contribution in [0.25, 0.3) is 0 Å². The van der Waals surface area contributed by atoms with Gasteiger partial charge in [-0.1, -0.05) is 24.3 Å². The minimum Gasteiger partial charge on any atom is -0.491 e. The number of ether oxygens (including phenoxy) is 3. The van der Waals surface area contributed by atoms with Crippen LogP contribution in [0.1, 0.15) is 11.1 Å². The highest BCUT2D eigenvalue weighted by atomic mass is 16.5. The van der Waals surface area contributed by atoms with Crippen LogP contribution in [-0.4, -0.2) is 50.9 Å². The molecule has 0 aliphatic rings. The number of para-hydroxylation sites is 2. The molecule has 0 fully saturated rings. The average Bonchev–Trinajstić information content (AvgIpc) is 2.74. The summed E-state index contributed by atoms with van der Waals surface area (Å²) in [4.78, 5) is 21.3. The smallest absolute Gasteiger partial charge is 0.332 e. The Morgan fingerprint density at radius 3 is 1.58 bits per heavy atom. The number of carbonyl (C=O) groups excluding carboxylic acids is 2. The summed E-state index contributed by atoms with van der Waals surface area (Å²) in [5, 5.41) is 7.44. The molecule has 0 bridgehead atoms. The molecule has 0 unspecified atom stereocenters. The monoisotopic (exact) mass is 428 g/mol. The van der Waals surface area contributed by atoms with Gasteiger partial charge in [-0.3, -0.25) is 0 Å². The van der Waals surface area contributed by atoms with Crippen molar-refractivity contribution in [2.24, 2.45) is 21.7 Å². The maximum atomic E-state index is 10.7. The molecule has 0 heterocycles. The lowest BCUT2D eigenvalue weighted by Crippen LogP contribution is -2.24. The molecular weight excluding hydrogens is 404 g/mol. The Kier molecular flexibility index (Phi) is 9.84. The maximum Gasteiger partial charge on any atom is 0.332 e. The highest BCUT2D eigenvalue weighted by molar-refractivity contribution is 5.85. The topological polar surface area (TPSA) is 163 Å². The van der Waals surface area contributed by atoms with Crippen molar-refractivity contribution >= 4 is 24.5 Å². The molecule has 0 atom stereocenters. The standard InChI is InChI=1S/C20H24N6O5/c21-19(27)25-23-13-15-5-1-3-7-17(15)30-11-9-29-10-12-31-18-8-4-2-6-16(18)14-24-26-20(22)28/h1-8,13-14H,9-12H2,(H3,21,25,27)(H3,22,26,28). The van der Waals surface area contributed by atoms with Crippen molar-refractivity contribution in [3.8, 4) is 11.5 Å².